The summed E-state index contributed by atoms with van der Waals surface area (Å²) in [6.45, 7) is 2.19. The van der Waals surface area contributed by atoms with E-state index in [-0.39, 0.29) is 23.9 Å². The van der Waals surface area contributed by atoms with E-state index < -0.39 is 15.8 Å². The third-order valence-electron chi connectivity index (χ3n) is 4.29. The standard InChI is InChI=1S/C22H23FN4O2S/c1-16-5-2-9-20(11-16)27-22(24)25-14-18-7-4-10-21(13-18)30(28,29)26-15-17-6-3-8-19(23)12-17/h2-13,26H,14-15H2,1H3,(H3,24,25,27). The lowest BCUT2D eigenvalue weighted by molar-refractivity contribution is 0.580. The SMILES string of the molecule is Cc1cccc(NC(N)=NCc2cccc(S(=O)(=O)NCc3cccc(F)c3)c2)c1. The normalized spacial score (nSPS) is 12.0. The molecule has 0 aromatic heterocycles. The highest BCUT2D eigenvalue weighted by molar-refractivity contribution is 7.89. The van der Waals surface area contributed by atoms with E-state index >= 15 is 0 Å². The Morgan fingerprint density at radius 1 is 1.00 bits per heavy atom. The molecular formula is C22H23FN4O2S. The lowest BCUT2D eigenvalue weighted by Crippen LogP contribution is -2.23. The molecule has 3 rings (SSSR count). The van der Waals surface area contributed by atoms with Crippen molar-refractivity contribution in [3.05, 3.63) is 95.3 Å². The van der Waals surface area contributed by atoms with Crippen LogP contribution in [0, 0.1) is 12.7 Å². The second-order valence-electron chi connectivity index (χ2n) is 6.80. The molecule has 0 saturated carbocycles. The minimum Gasteiger partial charge on any atom is -0.370 e. The maximum Gasteiger partial charge on any atom is 0.240 e. The number of nitrogens with two attached hydrogens (primary N) is 1. The summed E-state index contributed by atoms with van der Waals surface area (Å²) in [5.41, 5.74) is 9.08. The number of nitrogens with zero attached hydrogens (tertiary/aromatic N) is 1. The van der Waals surface area contributed by atoms with Crippen molar-refractivity contribution >= 4 is 21.7 Å². The number of anilines is 1. The van der Waals surface area contributed by atoms with Gasteiger partial charge >= 0.3 is 0 Å². The van der Waals surface area contributed by atoms with Crippen LogP contribution >= 0.6 is 0 Å². The van der Waals surface area contributed by atoms with Gasteiger partial charge in [0.15, 0.2) is 5.96 Å². The van der Waals surface area contributed by atoms with Gasteiger partial charge in [-0.2, -0.15) is 0 Å². The molecule has 3 aromatic rings. The minimum absolute atomic E-state index is 0.00413. The summed E-state index contributed by atoms with van der Waals surface area (Å²) < 4.78 is 40.9. The summed E-state index contributed by atoms with van der Waals surface area (Å²) in [5, 5.41) is 3.01. The van der Waals surface area contributed by atoms with Crippen molar-refractivity contribution in [2.45, 2.75) is 24.9 Å². The first-order valence-corrected chi connectivity index (χ1v) is 10.8. The molecule has 156 valence electrons. The first-order chi connectivity index (χ1) is 14.3. The van der Waals surface area contributed by atoms with Gasteiger partial charge < -0.3 is 11.1 Å². The molecule has 0 radical (unpaired) electrons. The maximum atomic E-state index is 13.3. The molecule has 4 N–H and O–H groups in total. The molecule has 0 aliphatic heterocycles. The van der Waals surface area contributed by atoms with Crippen LogP contribution in [0.4, 0.5) is 10.1 Å². The van der Waals surface area contributed by atoms with E-state index in [0.717, 1.165) is 11.3 Å². The second-order valence-corrected chi connectivity index (χ2v) is 8.56. The number of benzene rings is 3. The molecule has 0 saturated heterocycles. The van der Waals surface area contributed by atoms with Gasteiger partial charge in [-0.05, 0) is 60.0 Å². The minimum atomic E-state index is -3.75. The van der Waals surface area contributed by atoms with Crippen molar-refractivity contribution < 1.29 is 12.8 Å². The van der Waals surface area contributed by atoms with Crippen LogP contribution in [0.5, 0.6) is 0 Å². The predicted octanol–water partition coefficient (Wildman–Crippen LogP) is 3.54. The fourth-order valence-corrected chi connectivity index (χ4v) is 3.89. The Morgan fingerprint density at radius 2 is 1.73 bits per heavy atom. The molecule has 0 spiro atoms. The Hall–Kier alpha value is -3.23. The zero-order valence-corrected chi connectivity index (χ0v) is 17.3. The number of rotatable bonds is 7. The average molecular weight is 427 g/mol. The van der Waals surface area contributed by atoms with Crippen molar-refractivity contribution in [3.8, 4) is 0 Å². The summed E-state index contributed by atoms with van der Waals surface area (Å²) in [6.07, 6.45) is 0. The molecule has 0 unspecified atom stereocenters. The number of aryl methyl sites for hydroxylation is 1. The summed E-state index contributed by atoms with van der Waals surface area (Å²) in [5.74, 6) is -0.179. The van der Waals surface area contributed by atoms with Gasteiger partial charge in [0.05, 0.1) is 11.4 Å². The Bertz CT molecular complexity index is 1160. The summed E-state index contributed by atoms with van der Waals surface area (Å²) in [4.78, 5) is 4.38. The molecule has 0 fully saturated rings. The van der Waals surface area contributed by atoms with Gasteiger partial charge in [-0.3, -0.25) is 0 Å². The first kappa shape index (κ1) is 21.5. The molecule has 0 amide bonds. The highest BCUT2D eigenvalue weighted by atomic mass is 32.2. The Morgan fingerprint density at radius 3 is 2.50 bits per heavy atom. The van der Waals surface area contributed by atoms with E-state index in [1.807, 2.05) is 31.2 Å². The first-order valence-electron chi connectivity index (χ1n) is 9.28. The predicted molar refractivity (Wildman–Crippen MR) is 117 cm³/mol. The summed E-state index contributed by atoms with van der Waals surface area (Å²) in [7, 11) is -3.75. The zero-order chi connectivity index (χ0) is 21.6. The Kier molecular flexibility index (Phi) is 6.81. The third-order valence-corrected chi connectivity index (χ3v) is 5.69. The van der Waals surface area contributed by atoms with Gasteiger partial charge in [-0.25, -0.2) is 22.5 Å². The van der Waals surface area contributed by atoms with Crippen LogP contribution in [0.2, 0.25) is 0 Å². The largest absolute Gasteiger partial charge is 0.370 e. The monoisotopic (exact) mass is 426 g/mol. The van der Waals surface area contributed by atoms with Crippen LogP contribution in [0.25, 0.3) is 0 Å². The molecule has 0 bridgehead atoms. The number of halogens is 1. The zero-order valence-electron chi connectivity index (χ0n) is 16.5. The van der Waals surface area contributed by atoms with E-state index in [1.165, 1.54) is 30.3 Å². The molecule has 0 aliphatic rings. The van der Waals surface area contributed by atoms with E-state index in [0.29, 0.717) is 11.1 Å². The molecule has 6 nitrogen and oxygen atoms in total. The van der Waals surface area contributed by atoms with Gasteiger partial charge in [-0.15, -0.1) is 0 Å². The maximum absolute atomic E-state index is 13.3. The van der Waals surface area contributed by atoms with Crippen molar-refractivity contribution in [2.75, 3.05) is 5.32 Å². The van der Waals surface area contributed by atoms with Crippen LogP contribution in [-0.4, -0.2) is 14.4 Å². The number of guanidine groups is 1. The smallest absolute Gasteiger partial charge is 0.240 e. The molecule has 0 atom stereocenters. The van der Waals surface area contributed by atoms with Crippen LogP contribution < -0.4 is 15.8 Å². The fourth-order valence-electron chi connectivity index (χ4n) is 2.81. The van der Waals surface area contributed by atoms with E-state index in [4.69, 9.17) is 5.73 Å². The third kappa shape index (κ3) is 6.13. The van der Waals surface area contributed by atoms with E-state index in [9.17, 15) is 12.8 Å². The van der Waals surface area contributed by atoms with E-state index in [1.54, 1.807) is 18.2 Å². The lowest BCUT2D eigenvalue weighted by Gasteiger charge is -2.09. The topological polar surface area (TPSA) is 96.6 Å². The molecular weight excluding hydrogens is 403 g/mol. The van der Waals surface area contributed by atoms with Crippen molar-refractivity contribution in [1.82, 2.24) is 4.72 Å². The number of hydrogen-bond donors (Lipinski definition) is 3. The number of aliphatic imine (C=N–C) groups is 1. The molecule has 30 heavy (non-hydrogen) atoms. The summed E-state index contributed by atoms with van der Waals surface area (Å²) in [6, 6.07) is 20.0. The van der Waals surface area contributed by atoms with Crippen LogP contribution in [-0.2, 0) is 23.1 Å². The molecule has 3 aromatic carbocycles. The van der Waals surface area contributed by atoms with Crippen molar-refractivity contribution in [2.24, 2.45) is 10.7 Å². The second kappa shape index (κ2) is 9.51. The molecule has 0 aliphatic carbocycles. The average Bonchev–Trinajstić information content (AvgIpc) is 2.71. The highest BCUT2D eigenvalue weighted by Gasteiger charge is 2.14. The van der Waals surface area contributed by atoms with Crippen LogP contribution in [0.15, 0.2) is 82.7 Å². The number of sulfonamides is 1. The summed E-state index contributed by atoms with van der Waals surface area (Å²) >= 11 is 0. The fraction of sp³-hybridized carbons (Fsp3) is 0.136. The lowest BCUT2D eigenvalue weighted by atomic mass is 10.2. The molecule has 0 heterocycles. The van der Waals surface area contributed by atoms with Crippen molar-refractivity contribution in [3.63, 3.8) is 0 Å². The quantitative estimate of drug-likeness (QED) is 0.398. The van der Waals surface area contributed by atoms with Gasteiger partial charge in [0.1, 0.15) is 5.82 Å². The van der Waals surface area contributed by atoms with Crippen LogP contribution in [0.1, 0.15) is 16.7 Å². The molecule has 8 heteroatoms. The highest BCUT2D eigenvalue weighted by Crippen LogP contribution is 2.14. The number of hydrogen-bond acceptors (Lipinski definition) is 3. The number of nitrogens with one attached hydrogen (secondary N) is 2. The van der Waals surface area contributed by atoms with Gasteiger partial charge in [0.2, 0.25) is 10.0 Å². The van der Waals surface area contributed by atoms with Crippen LogP contribution in [0.3, 0.4) is 0 Å². The van der Waals surface area contributed by atoms with Crippen molar-refractivity contribution in [1.29, 1.82) is 0 Å². The van der Waals surface area contributed by atoms with Gasteiger partial charge in [0, 0.05) is 12.2 Å². The van der Waals surface area contributed by atoms with E-state index in [2.05, 4.69) is 15.0 Å². The van der Waals surface area contributed by atoms with Gasteiger partial charge in [0.25, 0.3) is 0 Å². The Balaban J connectivity index is 1.65. The van der Waals surface area contributed by atoms with Gasteiger partial charge in [-0.1, -0.05) is 36.4 Å². The Labute approximate surface area is 175 Å².